The molecule has 0 unspecified atom stereocenters. The standard InChI is InChI=1S/C21H20F2N2O3/c1-12-4-6-15(13(2)10-12)18-19(21(27)25(20(18)26)8-9-28-3)24-14-5-7-16(22)17(23)11-14/h4-7,10-11,24H,8-9H2,1-3H3. The Bertz CT molecular complexity index is 986. The number of halogens is 2. The summed E-state index contributed by atoms with van der Waals surface area (Å²) in [5, 5.41) is 2.81. The summed E-state index contributed by atoms with van der Waals surface area (Å²) in [5.74, 6) is -3.04. The lowest BCUT2D eigenvalue weighted by molar-refractivity contribution is -0.137. The van der Waals surface area contributed by atoms with Crippen LogP contribution >= 0.6 is 0 Å². The number of carbonyl (C=O) groups is 2. The second kappa shape index (κ2) is 7.90. The van der Waals surface area contributed by atoms with Gasteiger partial charge in [-0.2, -0.15) is 0 Å². The fraction of sp³-hybridized carbons (Fsp3) is 0.238. The summed E-state index contributed by atoms with van der Waals surface area (Å²) in [6.45, 7) is 4.06. The van der Waals surface area contributed by atoms with E-state index in [2.05, 4.69) is 5.32 Å². The van der Waals surface area contributed by atoms with Crippen molar-refractivity contribution in [2.75, 3.05) is 25.6 Å². The summed E-state index contributed by atoms with van der Waals surface area (Å²) in [6.07, 6.45) is 0. The first-order chi connectivity index (χ1) is 13.3. The van der Waals surface area contributed by atoms with E-state index in [0.717, 1.165) is 28.2 Å². The molecule has 0 radical (unpaired) electrons. The molecule has 0 aliphatic carbocycles. The van der Waals surface area contributed by atoms with Crippen LogP contribution in [0.2, 0.25) is 0 Å². The summed E-state index contributed by atoms with van der Waals surface area (Å²) in [4.78, 5) is 27.0. The maximum atomic E-state index is 13.6. The largest absolute Gasteiger partial charge is 0.383 e. The number of anilines is 1. The third-order valence-electron chi connectivity index (χ3n) is 4.53. The molecule has 0 spiro atoms. The van der Waals surface area contributed by atoms with Crippen molar-refractivity contribution in [2.45, 2.75) is 13.8 Å². The molecule has 0 fully saturated rings. The van der Waals surface area contributed by atoms with Gasteiger partial charge in [0.05, 0.1) is 18.7 Å². The van der Waals surface area contributed by atoms with Gasteiger partial charge in [0.2, 0.25) is 0 Å². The maximum Gasteiger partial charge on any atom is 0.278 e. The number of aryl methyl sites for hydroxylation is 2. The van der Waals surface area contributed by atoms with E-state index in [1.165, 1.54) is 13.2 Å². The van der Waals surface area contributed by atoms with Gasteiger partial charge in [-0.3, -0.25) is 14.5 Å². The van der Waals surface area contributed by atoms with E-state index in [-0.39, 0.29) is 30.1 Å². The minimum atomic E-state index is -1.05. The highest BCUT2D eigenvalue weighted by molar-refractivity contribution is 6.36. The summed E-state index contributed by atoms with van der Waals surface area (Å²) in [7, 11) is 1.48. The smallest absolute Gasteiger partial charge is 0.278 e. The SMILES string of the molecule is COCCN1C(=O)C(Nc2ccc(F)c(F)c2)=C(c2ccc(C)cc2C)C1=O. The minimum absolute atomic E-state index is 0.0269. The van der Waals surface area contributed by atoms with Gasteiger partial charge < -0.3 is 10.1 Å². The molecule has 146 valence electrons. The van der Waals surface area contributed by atoms with Crippen molar-refractivity contribution in [3.8, 4) is 0 Å². The van der Waals surface area contributed by atoms with E-state index < -0.39 is 23.4 Å². The highest BCUT2D eigenvalue weighted by atomic mass is 19.2. The van der Waals surface area contributed by atoms with Crippen molar-refractivity contribution >= 4 is 23.1 Å². The Morgan fingerprint density at radius 2 is 1.75 bits per heavy atom. The molecular formula is C21H20F2N2O3. The number of methoxy groups -OCH3 is 1. The number of hydrogen-bond donors (Lipinski definition) is 1. The Kier molecular flexibility index (Phi) is 5.56. The number of ether oxygens (including phenoxy) is 1. The lowest BCUT2D eigenvalue weighted by Gasteiger charge is -2.14. The van der Waals surface area contributed by atoms with Crippen LogP contribution in [0.25, 0.3) is 5.57 Å². The number of nitrogens with one attached hydrogen (secondary N) is 1. The molecule has 0 atom stereocenters. The van der Waals surface area contributed by atoms with E-state index in [1.54, 1.807) is 6.07 Å². The van der Waals surface area contributed by atoms with Gasteiger partial charge in [-0.15, -0.1) is 0 Å². The Hall–Kier alpha value is -3.06. The van der Waals surface area contributed by atoms with Crippen molar-refractivity contribution in [1.29, 1.82) is 0 Å². The topological polar surface area (TPSA) is 58.6 Å². The van der Waals surface area contributed by atoms with Crippen LogP contribution in [-0.2, 0) is 14.3 Å². The van der Waals surface area contributed by atoms with Gasteiger partial charge in [0.15, 0.2) is 11.6 Å². The zero-order valence-corrected chi connectivity index (χ0v) is 15.8. The minimum Gasteiger partial charge on any atom is -0.383 e. The molecule has 2 amide bonds. The molecule has 0 saturated carbocycles. The van der Waals surface area contributed by atoms with Crippen molar-refractivity contribution in [3.05, 3.63) is 70.4 Å². The molecule has 1 aliphatic heterocycles. The number of hydrogen-bond acceptors (Lipinski definition) is 4. The second-order valence-corrected chi connectivity index (χ2v) is 6.58. The highest BCUT2D eigenvalue weighted by Gasteiger charge is 2.39. The predicted octanol–water partition coefficient (Wildman–Crippen LogP) is 3.42. The molecule has 0 aromatic heterocycles. The molecule has 7 heteroatoms. The van der Waals surface area contributed by atoms with Crippen LogP contribution < -0.4 is 5.32 Å². The van der Waals surface area contributed by atoms with Gasteiger partial charge in [0.25, 0.3) is 11.8 Å². The number of amides is 2. The maximum absolute atomic E-state index is 13.6. The number of imide groups is 1. The Morgan fingerprint density at radius 3 is 2.39 bits per heavy atom. The molecule has 1 aliphatic rings. The van der Waals surface area contributed by atoms with E-state index in [4.69, 9.17) is 4.74 Å². The number of rotatable bonds is 6. The Labute approximate surface area is 161 Å². The molecule has 1 heterocycles. The summed E-state index contributed by atoms with van der Waals surface area (Å²) in [5.41, 5.74) is 2.85. The summed E-state index contributed by atoms with van der Waals surface area (Å²) >= 11 is 0. The van der Waals surface area contributed by atoms with Crippen LogP contribution in [0.4, 0.5) is 14.5 Å². The first kappa shape index (κ1) is 19.7. The van der Waals surface area contributed by atoms with Gasteiger partial charge >= 0.3 is 0 Å². The quantitative estimate of drug-likeness (QED) is 0.773. The summed E-state index contributed by atoms with van der Waals surface area (Å²) < 4.78 is 31.8. The van der Waals surface area contributed by atoms with Crippen molar-refractivity contribution in [3.63, 3.8) is 0 Å². The molecule has 28 heavy (non-hydrogen) atoms. The van der Waals surface area contributed by atoms with E-state index in [1.807, 2.05) is 26.0 Å². The number of carbonyl (C=O) groups excluding carboxylic acids is 2. The Morgan fingerprint density at radius 1 is 1.00 bits per heavy atom. The average molecular weight is 386 g/mol. The highest BCUT2D eigenvalue weighted by Crippen LogP contribution is 2.32. The van der Waals surface area contributed by atoms with Crippen LogP contribution in [0.15, 0.2) is 42.1 Å². The third-order valence-corrected chi connectivity index (χ3v) is 4.53. The van der Waals surface area contributed by atoms with Crippen LogP contribution in [0.5, 0.6) is 0 Å². The lowest BCUT2D eigenvalue weighted by Crippen LogP contribution is -2.35. The van der Waals surface area contributed by atoms with E-state index in [9.17, 15) is 18.4 Å². The van der Waals surface area contributed by atoms with Crippen LogP contribution in [-0.4, -0.2) is 37.0 Å². The molecular weight excluding hydrogens is 366 g/mol. The number of nitrogens with zero attached hydrogens (tertiary/aromatic N) is 1. The lowest BCUT2D eigenvalue weighted by atomic mass is 9.97. The van der Waals surface area contributed by atoms with Gasteiger partial charge in [-0.05, 0) is 37.1 Å². The predicted molar refractivity (Wildman–Crippen MR) is 101 cm³/mol. The first-order valence-electron chi connectivity index (χ1n) is 8.72. The zero-order chi connectivity index (χ0) is 20.4. The molecule has 2 aromatic rings. The van der Waals surface area contributed by atoms with Gasteiger partial charge in [0, 0.05) is 18.9 Å². The van der Waals surface area contributed by atoms with Gasteiger partial charge in [-0.1, -0.05) is 23.8 Å². The average Bonchev–Trinajstić information content (AvgIpc) is 2.87. The molecule has 0 saturated heterocycles. The Balaban J connectivity index is 2.09. The monoisotopic (exact) mass is 386 g/mol. The molecule has 3 rings (SSSR count). The fourth-order valence-electron chi connectivity index (χ4n) is 3.14. The van der Waals surface area contributed by atoms with Crippen LogP contribution in [0.3, 0.4) is 0 Å². The van der Waals surface area contributed by atoms with Crippen molar-refractivity contribution < 1.29 is 23.1 Å². The van der Waals surface area contributed by atoms with Gasteiger partial charge in [-0.25, -0.2) is 8.78 Å². The van der Waals surface area contributed by atoms with Crippen LogP contribution in [0.1, 0.15) is 16.7 Å². The third kappa shape index (κ3) is 3.66. The summed E-state index contributed by atoms with van der Waals surface area (Å²) in [6, 6.07) is 8.74. The zero-order valence-electron chi connectivity index (χ0n) is 15.8. The molecule has 5 nitrogen and oxygen atoms in total. The number of benzene rings is 2. The van der Waals surface area contributed by atoms with Gasteiger partial charge in [0.1, 0.15) is 5.70 Å². The normalized spacial score (nSPS) is 14.2. The molecule has 2 aromatic carbocycles. The molecule has 0 bridgehead atoms. The second-order valence-electron chi connectivity index (χ2n) is 6.58. The van der Waals surface area contributed by atoms with E-state index >= 15 is 0 Å². The van der Waals surface area contributed by atoms with Crippen molar-refractivity contribution in [2.24, 2.45) is 0 Å². The first-order valence-corrected chi connectivity index (χ1v) is 8.72. The fourth-order valence-corrected chi connectivity index (χ4v) is 3.14. The van der Waals surface area contributed by atoms with E-state index in [0.29, 0.717) is 5.56 Å². The van der Waals surface area contributed by atoms with Crippen LogP contribution in [0, 0.1) is 25.5 Å². The van der Waals surface area contributed by atoms with Crippen molar-refractivity contribution in [1.82, 2.24) is 4.90 Å². The molecule has 1 N–H and O–H groups in total.